The molecule has 0 aliphatic carbocycles. The second-order valence-corrected chi connectivity index (χ2v) is 6.08. The van der Waals surface area contributed by atoms with Crippen molar-refractivity contribution in [3.05, 3.63) is 42.0 Å². The monoisotopic (exact) mass is 384 g/mol. The predicted octanol–water partition coefficient (Wildman–Crippen LogP) is 1.59. The van der Waals surface area contributed by atoms with Gasteiger partial charge in [0.2, 0.25) is 5.91 Å². The van der Waals surface area contributed by atoms with Gasteiger partial charge in [0.25, 0.3) is 5.91 Å². The van der Waals surface area contributed by atoms with Gasteiger partial charge >= 0.3 is 5.97 Å². The summed E-state index contributed by atoms with van der Waals surface area (Å²) in [5, 5.41) is 2.64. The maximum absolute atomic E-state index is 12.7. The van der Waals surface area contributed by atoms with Crippen LogP contribution in [0.15, 0.2) is 36.4 Å². The maximum Gasteiger partial charge on any atom is 0.339 e. The molecule has 0 spiro atoms. The Morgan fingerprint density at radius 3 is 2.75 bits per heavy atom. The molecule has 1 aliphatic rings. The van der Waals surface area contributed by atoms with E-state index < -0.39 is 18.0 Å². The fourth-order valence-corrected chi connectivity index (χ4v) is 2.84. The molecular weight excluding hydrogens is 364 g/mol. The number of amides is 2. The van der Waals surface area contributed by atoms with Crippen LogP contribution in [-0.2, 0) is 14.3 Å². The van der Waals surface area contributed by atoms with E-state index in [2.05, 4.69) is 10.3 Å². The molecule has 1 aromatic carbocycles. The normalized spacial score (nSPS) is 15.4. The molecule has 9 nitrogen and oxygen atoms in total. The lowest BCUT2D eigenvalue weighted by Crippen LogP contribution is -2.49. The summed E-state index contributed by atoms with van der Waals surface area (Å²) < 4.78 is 10.4. The Bertz CT molecular complexity index is 930. The van der Waals surface area contributed by atoms with Crippen LogP contribution in [0, 0.1) is 0 Å². The van der Waals surface area contributed by atoms with Gasteiger partial charge in [0.1, 0.15) is 12.4 Å². The number of hydrogen-bond acceptors (Lipinski definition) is 7. The third-order valence-electron chi connectivity index (χ3n) is 4.21. The van der Waals surface area contributed by atoms with E-state index in [0.29, 0.717) is 12.2 Å². The Balaban J connectivity index is 1.85. The molecule has 0 fully saturated rings. The fraction of sp³-hybridized carbons (Fsp3) is 0.263. The Morgan fingerprint density at radius 2 is 2.04 bits per heavy atom. The van der Waals surface area contributed by atoms with Gasteiger partial charge in [0, 0.05) is 0 Å². The molecule has 28 heavy (non-hydrogen) atoms. The number of benzene rings is 1. The van der Waals surface area contributed by atoms with Gasteiger partial charge in [0.15, 0.2) is 17.7 Å². The average molecular weight is 384 g/mol. The summed E-state index contributed by atoms with van der Waals surface area (Å²) in [4.78, 5) is 42.6. The number of aromatic nitrogens is 1. The van der Waals surface area contributed by atoms with Crippen LogP contribution in [0.5, 0.6) is 5.75 Å². The van der Waals surface area contributed by atoms with Gasteiger partial charge in [-0.1, -0.05) is 19.1 Å². The van der Waals surface area contributed by atoms with E-state index in [1.807, 2.05) is 6.92 Å². The average Bonchev–Trinajstić information content (AvgIpc) is 2.70. The summed E-state index contributed by atoms with van der Waals surface area (Å²) in [6, 6.07) is 9.61. The van der Waals surface area contributed by atoms with E-state index in [4.69, 9.17) is 15.2 Å². The highest BCUT2D eigenvalue weighted by Crippen LogP contribution is 2.33. The molecule has 2 amide bonds. The first kappa shape index (κ1) is 19.2. The molecule has 0 bridgehead atoms. The molecule has 1 unspecified atom stereocenters. The van der Waals surface area contributed by atoms with Crippen molar-refractivity contribution in [2.45, 2.75) is 19.4 Å². The summed E-state index contributed by atoms with van der Waals surface area (Å²) >= 11 is 0. The van der Waals surface area contributed by atoms with E-state index in [9.17, 15) is 14.4 Å². The fourth-order valence-electron chi connectivity index (χ4n) is 2.84. The van der Waals surface area contributed by atoms with Crippen molar-refractivity contribution in [2.24, 2.45) is 0 Å². The highest BCUT2D eigenvalue weighted by Gasteiger charge is 2.35. The van der Waals surface area contributed by atoms with E-state index in [0.717, 1.165) is 0 Å². The van der Waals surface area contributed by atoms with Crippen molar-refractivity contribution in [3.63, 3.8) is 0 Å². The number of ether oxygens (including phenoxy) is 2. The first-order valence-corrected chi connectivity index (χ1v) is 8.66. The predicted molar refractivity (Wildman–Crippen MR) is 102 cm³/mol. The first-order valence-electron chi connectivity index (χ1n) is 8.66. The number of nitrogen functional groups attached to an aromatic ring is 1. The molecule has 3 rings (SSSR count). The number of nitrogens with zero attached hydrogens (tertiary/aromatic N) is 2. The standard InChI is InChI=1S/C19H20N4O5/c1-3-13-18(25)23(17-14(28-13)8-9-15(20)22-17)10-16(24)21-12-7-5-4-6-11(12)19(26)27-2/h4-9,13H,3,10H2,1-2H3,(H2,20,22)(H,21,24). The van der Waals surface area contributed by atoms with Gasteiger partial charge in [-0.15, -0.1) is 0 Å². The highest BCUT2D eigenvalue weighted by molar-refractivity contribution is 6.07. The number of fused-ring (bicyclic) bond motifs is 1. The van der Waals surface area contributed by atoms with Gasteiger partial charge in [-0.25, -0.2) is 9.78 Å². The molecule has 1 aliphatic heterocycles. The number of nitrogens with one attached hydrogen (secondary N) is 1. The number of carbonyl (C=O) groups excluding carboxylic acids is 3. The number of rotatable bonds is 5. The summed E-state index contributed by atoms with van der Waals surface area (Å²) in [6.07, 6.45) is -0.278. The summed E-state index contributed by atoms with van der Waals surface area (Å²) in [7, 11) is 1.26. The minimum atomic E-state index is -0.715. The smallest absolute Gasteiger partial charge is 0.339 e. The minimum absolute atomic E-state index is 0.186. The maximum atomic E-state index is 12.7. The molecular formula is C19H20N4O5. The second-order valence-electron chi connectivity index (χ2n) is 6.08. The van der Waals surface area contributed by atoms with Gasteiger partial charge in [-0.05, 0) is 30.7 Å². The van der Waals surface area contributed by atoms with Gasteiger partial charge < -0.3 is 20.5 Å². The number of hydrogen-bond donors (Lipinski definition) is 2. The molecule has 3 N–H and O–H groups in total. The number of methoxy groups -OCH3 is 1. The third-order valence-corrected chi connectivity index (χ3v) is 4.21. The largest absolute Gasteiger partial charge is 0.477 e. The van der Waals surface area contributed by atoms with Crippen LogP contribution in [0.2, 0.25) is 0 Å². The first-order chi connectivity index (χ1) is 13.4. The summed E-state index contributed by atoms with van der Waals surface area (Å²) in [5.41, 5.74) is 6.22. The van der Waals surface area contributed by atoms with Crippen molar-refractivity contribution < 1.29 is 23.9 Å². The zero-order valence-corrected chi connectivity index (χ0v) is 15.5. The van der Waals surface area contributed by atoms with E-state index in [1.165, 1.54) is 18.1 Å². The highest BCUT2D eigenvalue weighted by atomic mass is 16.5. The van der Waals surface area contributed by atoms with Crippen LogP contribution in [0.4, 0.5) is 17.3 Å². The van der Waals surface area contributed by atoms with Crippen molar-refractivity contribution in [1.29, 1.82) is 0 Å². The molecule has 0 saturated heterocycles. The Hall–Kier alpha value is -3.62. The SMILES string of the molecule is CCC1Oc2ccc(N)nc2N(CC(=O)Nc2ccccc2C(=O)OC)C1=O. The van der Waals surface area contributed by atoms with Crippen LogP contribution in [0.25, 0.3) is 0 Å². The summed E-state index contributed by atoms with van der Waals surface area (Å²) in [5.74, 6) is -0.702. The van der Waals surface area contributed by atoms with Crippen LogP contribution in [0.3, 0.4) is 0 Å². The van der Waals surface area contributed by atoms with Crippen molar-refractivity contribution in [1.82, 2.24) is 4.98 Å². The molecule has 0 radical (unpaired) electrons. The van der Waals surface area contributed by atoms with Crippen molar-refractivity contribution in [2.75, 3.05) is 29.6 Å². The van der Waals surface area contributed by atoms with Crippen molar-refractivity contribution >= 4 is 35.1 Å². The van der Waals surface area contributed by atoms with Gasteiger partial charge in [0.05, 0.1) is 18.4 Å². The quantitative estimate of drug-likeness (QED) is 0.750. The molecule has 2 heterocycles. The molecule has 146 valence electrons. The molecule has 0 saturated carbocycles. The number of para-hydroxylation sites is 1. The molecule has 1 aromatic heterocycles. The molecule has 2 aromatic rings. The zero-order valence-electron chi connectivity index (χ0n) is 15.5. The van der Waals surface area contributed by atoms with E-state index in [-0.39, 0.29) is 35.3 Å². The Kier molecular flexibility index (Phi) is 5.44. The Morgan fingerprint density at radius 1 is 1.29 bits per heavy atom. The minimum Gasteiger partial charge on any atom is -0.477 e. The zero-order chi connectivity index (χ0) is 20.3. The van der Waals surface area contributed by atoms with Crippen LogP contribution < -0.4 is 20.7 Å². The lowest BCUT2D eigenvalue weighted by atomic mass is 10.1. The third kappa shape index (κ3) is 3.73. The van der Waals surface area contributed by atoms with Gasteiger partial charge in [-0.3, -0.25) is 14.5 Å². The number of carbonyl (C=O) groups is 3. The lowest BCUT2D eigenvalue weighted by Gasteiger charge is -2.32. The number of esters is 1. The Labute approximate surface area is 161 Å². The molecule has 9 heteroatoms. The van der Waals surface area contributed by atoms with E-state index >= 15 is 0 Å². The van der Waals surface area contributed by atoms with Crippen molar-refractivity contribution in [3.8, 4) is 5.75 Å². The number of pyridine rings is 1. The van der Waals surface area contributed by atoms with E-state index in [1.54, 1.807) is 30.3 Å². The molecule has 1 atom stereocenters. The van der Waals surface area contributed by atoms with Crippen LogP contribution in [0.1, 0.15) is 23.7 Å². The lowest BCUT2D eigenvalue weighted by molar-refractivity contribution is -0.128. The number of anilines is 3. The second kappa shape index (κ2) is 7.95. The topological polar surface area (TPSA) is 124 Å². The van der Waals surface area contributed by atoms with Crippen LogP contribution >= 0.6 is 0 Å². The summed E-state index contributed by atoms with van der Waals surface area (Å²) in [6.45, 7) is 1.50. The number of nitrogens with two attached hydrogens (primary N) is 1. The van der Waals surface area contributed by atoms with Gasteiger partial charge in [-0.2, -0.15) is 0 Å². The van der Waals surface area contributed by atoms with Crippen LogP contribution in [-0.4, -0.2) is 42.5 Å².